The maximum absolute atomic E-state index is 11.8. The molecule has 1 atom stereocenters. The van der Waals surface area contributed by atoms with Crippen LogP contribution in [0.2, 0.25) is 0 Å². The molecule has 1 unspecified atom stereocenters. The second-order valence-corrected chi connectivity index (χ2v) is 6.44. The van der Waals surface area contributed by atoms with Crippen LogP contribution in [-0.4, -0.2) is 29.1 Å². The first-order valence-electron chi connectivity index (χ1n) is 7.58. The standard InChI is InChI=1S/C17H26N2O3/c1-12(2)8-9-17(4,22)11-18-15(20)16(21)19-14-7-5-6-13(3)10-14/h5-7,10,12,22H,8-9,11H2,1-4H3,(H,18,20)(H,19,21). The monoisotopic (exact) mass is 306 g/mol. The van der Waals surface area contributed by atoms with Crippen LogP contribution in [0.1, 0.15) is 39.2 Å². The molecule has 0 heterocycles. The first-order chi connectivity index (χ1) is 10.2. The van der Waals surface area contributed by atoms with Crippen molar-refractivity contribution in [3.8, 4) is 0 Å². The van der Waals surface area contributed by atoms with E-state index in [1.807, 2.05) is 13.0 Å². The molecule has 0 saturated carbocycles. The van der Waals surface area contributed by atoms with Gasteiger partial charge in [-0.1, -0.05) is 26.0 Å². The number of rotatable bonds is 6. The van der Waals surface area contributed by atoms with Gasteiger partial charge in [-0.3, -0.25) is 9.59 Å². The largest absolute Gasteiger partial charge is 0.388 e. The van der Waals surface area contributed by atoms with Gasteiger partial charge in [0.05, 0.1) is 5.60 Å². The predicted octanol–water partition coefficient (Wildman–Crippen LogP) is 2.24. The molecule has 1 aromatic rings. The molecule has 22 heavy (non-hydrogen) atoms. The summed E-state index contributed by atoms with van der Waals surface area (Å²) in [5.41, 5.74) is 0.561. The normalized spacial score (nSPS) is 13.5. The third-order valence-electron chi connectivity index (χ3n) is 3.37. The highest BCUT2D eigenvalue weighted by atomic mass is 16.3. The number of benzene rings is 1. The summed E-state index contributed by atoms with van der Waals surface area (Å²) in [7, 11) is 0. The number of amides is 2. The molecule has 122 valence electrons. The fourth-order valence-electron chi connectivity index (χ4n) is 1.95. The quantitative estimate of drug-likeness (QED) is 0.705. The Balaban J connectivity index is 2.46. The van der Waals surface area contributed by atoms with Gasteiger partial charge in [-0.15, -0.1) is 0 Å². The first kappa shape index (κ1) is 18.2. The molecule has 1 rings (SSSR count). The molecule has 0 saturated heterocycles. The highest BCUT2D eigenvalue weighted by Crippen LogP contribution is 2.15. The summed E-state index contributed by atoms with van der Waals surface area (Å²) in [6, 6.07) is 7.21. The summed E-state index contributed by atoms with van der Waals surface area (Å²) in [5, 5.41) is 15.2. The van der Waals surface area contributed by atoms with Crippen molar-refractivity contribution in [2.75, 3.05) is 11.9 Å². The van der Waals surface area contributed by atoms with Crippen LogP contribution in [0.15, 0.2) is 24.3 Å². The van der Waals surface area contributed by atoms with Gasteiger partial charge in [0.1, 0.15) is 0 Å². The third-order valence-corrected chi connectivity index (χ3v) is 3.37. The van der Waals surface area contributed by atoms with Gasteiger partial charge in [0.25, 0.3) is 0 Å². The second-order valence-electron chi connectivity index (χ2n) is 6.44. The van der Waals surface area contributed by atoms with Crippen molar-refractivity contribution >= 4 is 17.5 Å². The zero-order valence-electron chi connectivity index (χ0n) is 13.8. The van der Waals surface area contributed by atoms with Gasteiger partial charge >= 0.3 is 11.8 Å². The molecule has 0 fully saturated rings. The van der Waals surface area contributed by atoms with E-state index in [2.05, 4.69) is 24.5 Å². The number of hydrogen-bond acceptors (Lipinski definition) is 3. The molecular formula is C17H26N2O3. The van der Waals surface area contributed by atoms with Gasteiger partial charge in [0.15, 0.2) is 0 Å². The molecule has 0 radical (unpaired) electrons. The highest BCUT2D eigenvalue weighted by molar-refractivity contribution is 6.39. The molecule has 3 N–H and O–H groups in total. The Hall–Kier alpha value is -1.88. The van der Waals surface area contributed by atoms with E-state index in [9.17, 15) is 14.7 Å². The van der Waals surface area contributed by atoms with E-state index in [1.165, 1.54) is 0 Å². The maximum Gasteiger partial charge on any atom is 0.313 e. The average molecular weight is 306 g/mol. The summed E-state index contributed by atoms with van der Waals surface area (Å²) >= 11 is 0. The van der Waals surface area contributed by atoms with Crippen molar-refractivity contribution < 1.29 is 14.7 Å². The topological polar surface area (TPSA) is 78.4 Å². The Bertz CT molecular complexity index is 524. The van der Waals surface area contributed by atoms with E-state index < -0.39 is 17.4 Å². The molecule has 0 bridgehead atoms. The van der Waals surface area contributed by atoms with Crippen LogP contribution in [0.5, 0.6) is 0 Å². The highest BCUT2D eigenvalue weighted by Gasteiger charge is 2.23. The van der Waals surface area contributed by atoms with Crippen LogP contribution < -0.4 is 10.6 Å². The fraction of sp³-hybridized carbons (Fsp3) is 0.529. The number of hydrogen-bond donors (Lipinski definition) is 3. The second kappa shape index (κ2) is 7.94. The van der Waals surface area contributed by atoms with Crippen molar-refractivity contribution in [3.63, 3.8) is 0 Å². The smallest absolute Gasteiger partial charge is 0.313 e. The van der Waals surface area contributed by atoms with Crippen molar-refractivity contribution in [2.45, 2.75) is 46.1 Å². The average Bonchev–Trinajstić information content (AvgIpc) is 2.43. The molecule has 5 nitrogen and oxygen atoms in total. The minimum Gasteiger partial charge on any atom is -0.388 e. The van der Waals surface area contributed by atoms with Gasteiger partial charge in [-0.05, 0) is 50.3 Å². The Labute approximate surface area is 132 Å². The van der Waals surface area contributed by atoms with Crippen molar-refractivity contribution in [1.82, 2.24) is 5.32 Å². The Morgan fingerprint density at radius 3 is 2.55 bits per heavy atom. The number of aryl methyl sites for hydroxylation is 1. The zero-order chi connectivity index (χ0) is 16.8. The molecule has 2 amide bonds. The molecule has 0 aliphatic heterocycles. The Morgan fingerprint density at radius 2 is 1.95 bits per heavy atom. The summed E-state index contributed by atoms with van der Waals surface area (Å²) in [4.78, 5) is 23.6. The molecule has 0 aliphatic carbocycles. The number of carbonyl (C=O) groups excluding carboxylic acids is 2. The van der Waals surface area contributed by atoms with E-state index in [0.29, 0.717) is 18.0 Å². The van der Waals surface area contributed by atoms with Crippen LogP contribution in [0.4, 0.5) is 5.69 Å². The van der Waals surface area contributed by atoms with Crippen LogP contribution in [0, 0.1) is 12.8 Å². The van der Waals surface area contributed by atoms with Crippen molar-refractivity contribution in [1.29, 1.82) is 0 Å². The van der Waals surface area contributed by atoms with Crippen molar-refractivity contribution in [2.24, 2.45) is 5.92 Å². The van der Waals surface area contributed by atoms with Crippen LogP contribution in [0.3, 0.4) is 0 Å². The van der Waals surface area contributed by atoms with Gasteiger partial charge in [-0.25, -0.2) is 0 Å². The van der Waals surface area contributed by atoms with Crippen LogP contribution in [-0.2, 0) is 9.59 Å². The molecular weight excluding hydrogens is 280 g/mol. The molecule has 0 aliphatic rings. The summed E-state index contributed by atoms with van der Waals surface area (Å²) in [6.07, 6.45) is 1.43. The SMILES string of the molecule is Cc1cccc(NC(=O)C(=O)NCC(C)(O)CCC(C)C)c1. The van der Waals surface area contributed by atoms with Gasteiger partial charge < -0.3 is 15.7 Å². The lowest BCUT2D eigenvalue weighted by molar-refractivity contribution is -0.136. The van der Waals surface area contributed by atoms with Gasteiger partial charge in [-0.2, -0.15) is 0 Å². The lowest BCUT2D eigenvalue weighted by atomic mass is 9.95. The van der Waals surface area contributed by atoms with Crippen molar-refractivity contribution in [3.05, 3.63) is 29.8 Å². The third kappa shape index (κ3) is 6.72. The molecule has 5 heteroatoms. The van der Waals surface area contributed by atoms with E-state index in [0.717, 1.165) is 12.0 Å². The van der Waals surface area contributed by atoms with Gasteiger partial charge in [0.2, 0.25) is 0 Å². The van der Waals surface area contributed by atoms with Gasteiger partial charge in [0, 0.05) is 12.2 Å². The van der Waals surface area contributed by atoms with Crippen LogP contribution in [0.25, 0.3) is 0 Å². The maximum atomic E-state index is 11.8. The number of carbonyl (C=O) groups is 2. The lowest BCUT2D eigenvalue weighted by Crippen LogP contribution is -2.44. The summed E-state index contributed by atoms with van der Waals surface area (Å²) < 4.78 is 0. The first-order valence-corrected chi connectivity index (χ1v) is 7.58. The minimum absolute atomic E-state index is 0.0553. The van der Waals surface area contributed by atoms with E-state index >= 15 is 0 Å². The molecule has 1 aromatic carbocycles. The predicted molar refractivity (Wildman–Crippen MR) is 87.5 cm³/mol. The number of nitrogens with one attached hydrogen (secondary N) is 2. The minimum atomic E-state index is -1.01. The van der Waals surface area contributed by atoms with Crippen LogP contribution >= 0.6 is 0 Å². The van der Waals surface area contributed by atoms with E-state index in [1.54, 1.807) is 25.1 Å². The lowest BCUT2D eigenvalue weighted by Gasteiger charge is -2.24. The van der Waals surface area contributed by atoms with E-state index in [-0.39, 0.29) is 6.54 Å². The molecule has 0 aromatic heterocycles. The molecule has 0 spiro atoms. The zero-order valence-corrected chi connectivity index (χ0v) is 13.8. The summed E-state index contributed by atoms with van der Waals surface area (Å²) in [5.74, 6) is -0.997. The fourth-order valence-corrected chi connectivity index (χ4v) is 1.95. The van der Waals surface area contributed by atoms with E-state index in [4.69, 9.17) is 0 Å². The number of aliphatic hydroxyl groups is 1. The Kier molecular flexibility index (Phi) is 6.56. The Morgan fingerprint density at radius 1 is 1.27 bits per heavy atom. The number of anilines is 1. The summed E-state index contributed by atoms with van der Waals surface area (Å²) in [6.45, 7) is 7.77.